The molecule has 0 amide bonds. The van der Waals surface area contributed by atoms with E-state index >= 15 is 0 Å². The number of aryl methyl sites for hydroxylation is 1. The fraction of sp³-hybridized carbons (Fsp3) is 0.562. The van der Waals surface area contributed by atoms with Gasteiger partial charge in [0.1, 0.15) is 0 Å². The average molecular weight is 280 g/mol. The summed E-state index contributed by atoms with van der Waals surface area (Å²) in [7, 11) is 0. The van der Waals surface area contributed by atoms with Crippen LogP contribution in [0.4, 0.5) is 0 Å². The van der Waals surface area contributed by atoms with E-state index in [0.29, 0.717) is 18.4 Å². The normalized spacial score (nSPS) is 24.4. The first-order chi connectivity index (χ1) is 8.95. The molecule has 2 nitrogen and oxygen atoms in total. The molecule has 0 bridgehead atoms. The van der Waals surface area contributed by atoms with Gasteiger partial charge in [-0.1, -0.05) is 25.4 Å². The Morgan fingerprint density at radius 2 is 1.95 bits per heavy atom. The number of benzene rings is 1. The Balaban J connectivity index is 2.02. The van der Waals surface area contributed by atoms with Gasteiger partial charge in [0.25, 0.3) is 0 Å². The highest BCUT2D eigenvalue weighted by Gasteiger charge is 2.23. The van der Waals surface area contributed by atoms with Crippen LogP contribution in [0.1, 0.15) is 36.2 Å². The molecule has 2 atom stereocenters. The second-order valence-electron chi connectivity index (χ2n) is 6.03. The highest BCUT2D eigenvalue weighted by molar-refractivity contribution is 6.31. The minimum absolute atomic E-state index is 0.195. The Hall–Kier alpha value is -0.860. The van der Waals surface area contributed by atoms with E-state index in [2.05, 4.69) is 18.7 Å². The summed E-state index contributed by atoms with van der Waals surface area (Å²) in [4.78, 5) is 14.6. The molecule has 0 radical (unpaired) electrons. The maximum atomic E-state index is 12.3. The Morgan fingerprint density at radius 3 is 2.53 bits per heavy atom. The number of piperidine rings is 1. The molecule has 1 aromatic carbocycles. The van der Waals surface area contributed by atoms with Crippen molar-refractivity contribution >= 4 is 17.4 Å². The minimum Gasteiger partial charge on any atom is -0.295 e. The summed E-state index contributed by atoms with van der Waals surface area (Å²) in [6.45, 7) is 9.05. The van der Waals surface area contributed by atoms with Gasteiger partial charge < -0.3 is 0 Å². The van der Waals surface area contributed by atoms with Gasteiger partial charge in [0, 0.05) is 23.7 Å². The predicted octanol–water partition coefficient (Wildman–Crippen LogP) is 3.81. The molecule has 2 unspecified atom stereocenters. The number of rotatable bonds is 3. The van der Waals surface area contributed by atoms with E-state index in [1.54, 1.807) is 0 Å². The molecule has 3 heteroatoms. The summed E-state index contributed by atoms with van der Waals surface area (Å²) in [6.07, 6.45) is 1.27. The van der Waals surface area contributed by atoms with Crippen molar-refractivity contribution in [1.82, 2.24) is 4.90 Å². The number of ketones is 1. The van der Waals surface area contributed by atoms with Crippen molar-refractivity contribution in [3.8, 4) is 0 Å². The third kappa shape index (κ3) is 3.80. The molecular formula is C16H22ClNO. The fourth-order valence-corrected chi connectivity index (χ4v) is 3.15. The van der Waals surface area contributed by atoms with Crippen molar-refractivity contribution in [2.45, 2.75) is 27.2 Å². The zero-order valence-electron chi connectivity index (χ0n) is 11.9. The van der Waals surface area contributed by atoms with E-state index in [4.69, 9.17) is 11.6 Å². The number of hydrogen-bond acceptors (Lipinski definition) is 2. The Morgan fingerprint density at radius 1 is 1.32 bits per heavy atom. The second kappa shape index (κ2) is 6.06. The predicted molar refractivity (Wildman–Crippen MR) is 79.9 cm³/mol. The fourth-order valence-electron chi connectivity index (χ4n) is 3.03. The number of carbonyl (C=O) groups is 1. The second-order valence-corrected chi connectivity index (χ2v) is 6.43. The molecule has 1 fully saturated rings. The highest BCUT2D eigenvalue weighted by atomic mass is 35.5. The van der Waals surface area contributed by atoms with Crippen molar-refractivity contribution in [2.75, 3.05) is 19.6 Å². The number of nitrogens with zero attached hydrogens (tertiary/aromatic N) is 1. The Bertz CT molecular complexity index is 462. The van der Waals surface area contributed by atoms with Gasteiger partial charge in [0.05, 0.1) is 6.54 Å². The van der Waals surface area contributed by atoms with Crippen molar-refractivity contribution in [1.29, 1.82) is 0 Å². The maximum Gasteiger partial charge on any atom is 0.176 e. The van der Waals surface area contributed by atoms with Crippen LogP contribution in [-0.2, 0) is 0 Å². The van der Waals surface area contributed by atoms with E-state index in [0.717, 1.165) is 29.2 Å². The lowest BCUT2D eigenvalue weighted by Crippen LogP contribution is -2.41. The van der Waals surface area contributed by atoms with Crippen LogP contribution in [-0.4, -0.2) is 30.3 Å². The summed E-state index contributed by atoms with van der Waals surface area (Å²) in [5.41, 5.74) is 1.74. The SMILES string of the molecule is Cc1cc(C(=O)CN2CC(C)CC(C)C2)ccc1Cl. The zero-order valence-corrected chi connectivity index (χ0v) is 12.7. The lowest BCUT2D eigenvalue weighted by Gasteiger charge is -2.34. The zero-order chi connectivity index (χ0) is 14.0. The monoisotopic (exact) mass is 279 g/mol. The summed E-state index contributed by atoms with van der Waals surface area (Å²) in [6, 6.07) is 5.53. The highest BCUT2D eigenvalue weighted by Crippen LogP contribution is 2.22. The van der Waals surface area contributed by atoms with Gasteiger partial charge >= 0.3 is 0 Å². The quantitative estimate of drug-likeness (QED) is 0.784. The molecule has 0 spiro atoms. The number of likely N-dealkylation sites (tertiary alicyclic amines) is 1. The first-order valence-corrected chi connectivity index (χ1v) is 7.35. The van der Waals surface area contributed by atoms with E-state index in [1.807, 2.05) is 25.1 Å². The van der Waals surface area contributed by atoms with Crippen molar-refractivity contribution < 1.29 is 4.79 Å². The molecule has 2 rings (SSSR count). The molecule has 0 aliphatic carbocycles. The molecule has 0 N–H and O–H groups in total. The van der Waals surface area contributed by atoms with Crippen LogP contribution in [0.5, 0.6) is 0 Å². The smallest absolute Gasteiger partial charge is 0.176 e. The molecular weight excluding hydrogens is 258 g/mol. The largest absolute Gasteiger partial charge is 0.295 e. The summed E-state index contributed by atoms with van der Waals surface area (Å²) >= 11 is 5.99. The Labute approximate surface area is 120 Å². The van der Waals surface area contributed by atoms with Crippen LogP contribution in [0.3, 0.4) is 0 Å². The standard InChI is InChI=1S/C16H22ClNO/c1-11-6-12(2)9-18(8-11)10-16(19)14-4-5-15(17)13(3)7-14/h4-5,7,11-12H,6,8-10H2,1-3H3. The van der Waals surface area contributed by atoms with Gasteiger partial charge in [-0.15, -0.1) is 0 Å². The van der Waals surface area contributed by atoms with E-state index in [9.17, 15) is 4.79 Å². The molecule has 0 saturated carbocycles. The van der Waals surface area contributed by atoms with Crippen LogP contribution in [0.2, 0.25) is 5.02 Å². The average Bonchev–Trinajstić information content (AvgIpc) is 2.31. The molecule has 1 aliphatic heterocycles. The van der Waals surface area contributed by atoms with Gasteiger partial charge in [-0.05, 0) is 48.9 Å². The summed E-state index contributed by atoms with van der Waals surface area (Å²) < 4.78 is 0. The Kier molecular flexibility index (Phi) is 4.64. The minimum atomic E-state index is 0.195. The third-order valence-electron chi connectivity index (χ3n) is 3.79. The lowest BCUT2D eigenvalue weighted by atomic mass is 9.91. The molecule has 1 heterocycles. The van der Waals surface area contributed by atoms with Crippen LogP contribution in [0.25, 0.3) is 0 Å². The number of hydrogen-bond donors (Lipinski definition) is 0. The first kappa shape index (κ1) is 14.5. The van der Waals surface area contributed by atoms with E-state index in [1.165, 1.54) is 6.42 Å². The van der Waals surface area contributed by atoms with Crippen LogP contribution in [0.15, 0.2) is 18.2 Å². The van der Waals surface area contributed by atoms with Gasteiger partial charge in [0.15, 0.2) is 5.78 Å². The van der Waals surface area contributed by atoms with E-state index in [-0.39, 0.29) is 5.78 Å². The summed E-state index contributed by atoms with van der Waals surface area (Å²) in [5, 5.41) is 0.719. The van der Waals surface area contributed by atoms with Crippen LogP contribution >= 0.6 is 11.6 Å². The van der Waals surface area contributed by atoms with Crippen molar-refractivity contribution in [3.63, 3.8) is 0 Å². The van der Waals surface area contributed by atoms with Gasteiger partial charge in [-0.3, -0.25) is 9.69 Å². The molecule has 0 aromatic heterocycles. The maximum absolute atomic E-state index is 12.3. The molecule has 1 aromatic rings. The van der Waals surface area contributed by atoms with Crippen molar-refractivity contribution in [3.05, 3.63) is 34.3 Å². The van der Waals surface area contributed by atoms with E-state index < -0.39 is 0 Å². The van der Waals surface area contributed by atoms with Crippen molar-refractivity contribution in [2.24, 2.45) is 11.8 Å². The van der Waals surface area contributed by atoms with Gasteiger partial charge in [-0.2, -0.15) is 0 Å². The van der Waals surface area contributed by atoms with Gasteiger partial charge in [-0.25, -0.2) is 0 Å². The summed E-state index contributed by atoms with van der Waals surface area (Å²) in [5.74, 6) is 1.56. The topological polar surface area (TPSA) is 20.3 Å². The third-order valence-corrected chi connectivity index (χ3v) is 4.22. The molecule has 1 saturated heterocycles. The molecule has 104 valence electrons. The molecule has 1 aliphatic rings. The number of halogens is 1. The lowest BCUT2D eigenvalue weighted by molar-refractivity contribution is 0.0849. The van der Waals surface area contributed by atoms with Gasteiger partial charge in [0.2, 0.25) is 0 Å². The first-order valence-electron chi connectivity index (χ1n) is 6.97. The van der Waals surface area contributed by atoms with Crippen LogP contribution < -0.4 is 0 Å². The van der Waals surface area contributed by atoms with Crippen LogP contribution in [0, 0.1) is 18.8 Å². The molecule has 19 heavy (non-hydrogen) atoms. The number of carbonyl (C=O) groups excluding carboxylic acids is 1. The number of Topliss-reactive ketones (excluding diaryl/α,β-unsaturated/α-hetero) is 1.